The third-order valence-electron chi connectivity index (χ3n) is 6.59. The van der Waals surface area contributed by atoms with Crippen molar-refractivity contribution in [1.29, 1.82) is 0 Å². The van der Waals surface area contributed by atoms with Crippen molar-refractivity contribution in [3.05, 3.63) is 35.4 Å². The number of amides is 2. The lowest BCUT2D eigenvalue weighted by atomic mass is 9.98. The van der Waals surface area contributed by atoms with Gasteiger partial charge in [-0.2, -0.15) is 0 Å². The van der Waals surface area contributed by atoms with Crippen molar-refractivity contribution in [2.24, 2.45) is 5.92 Å². The van der Waals surface area contributed by atoms with Crippen LogP contribution in [0.4, 0.5) is 0 Å². The molecule has 0 saturated carbocycles. The van der Waals surface area contributed by atoms with Gasteiger partial charge in [0.25, 0.3) is 5.91 Å². The molecule has 2 amide bonds. The number of carbonyl (C=O) groups is 2. The fourth-order valence-corrected chi connectivity index (χ4v) is 5.99. The summed E-state index contributed by atoms with van der Waals surface area (Å²) >= 11 is 0. The smallest absolute Gasteiger partial charge is 0.254 e. The van der Waals surface area contributed by atoms with Crippen LogP contribution in [0.25, 0.3) is 0 Å². The number of likely N-dealkylation sites (tertiary alicyclic amines) is 1. The normalized spacial score (nSPS) is 22.9. The standard InChI is InChI=1S/C25H38N2O5S/c1-18-15-27(16-19(2)32-18)24(29)22-8-6-7-21(13-22)14-23(28)26-11-9-20(10-12-26)17-33(30,31)25(3,4)5/h6-8,13,18-20H,9-12,14-17H2,1-5H3/t18-,19+. The number of carbonyl (C=O) groups excluding carboxylic acids is 2. The zero-order valence-electron chi connectivity index (χ0n) is 20.5. The number of ether oxygens (including phenoxy) is 1. The van der Waals surface area contributed by atoms with Crippen LogP contribution in [0.1, 0.15) is 63.4 Å². The Balaban J connectivity index is 1.56. The zero-order chi connectivity index (χ0) is 24.4. The summed E-state index contributed by atoms with van der Waals surface area (Å²) in [5, 5.41) is 0. The quantitative estimate of drug-likeness (QED) is 0.650. The minimum absolute atomic E-state index is 0.00349. The number of morpholine rings is 1. The molecule has 1 aromatic carbocycles. The molecule has 2 atom stereocenters. The van der Waals surface area contributed by atoms with Crippen LogP contribution >= 0.6 is 0 Å². The average Bonchev–Trinajstić information content (AvgIpc) is 2.72. The third-order valence-corrected chi connectivity index (χ3v) is 9.37. The van der Waals surface area contributed by atoms with Gasteiger partial charge >= 0.3 is 0 Å². The number of nitrogens with zero attached hydrogens (tertiary/aromatic N) is 2. The van der Waals surface area contributed by atoms with Gasteiger partial charge in [-0.1, -0.05) is 12.1 Å². The summed E-state index contributed by atoms with van der Waals surface area (Å²) in [6.07, 6.45) is 1.65. The summed E-state index contributed by atoms with van der Waals surface area (Å²) in [6, 6.07) is 7.31. The second-order valence-corrected chi connectivity index (χ2v) is 13.4. The van der Waals surface area contributed by atoms with E-state index in [1.165, 1.54) is 0 Å². The third kappa shape index (κ3) is 6.57. The van der Waals surface area contributed by atoms with Gasteiger partial charge in [0.05, 0.1) is 29.1 Å². The first kappa shape index (κ1) is 25.7. The maximum Gasteiger partial charge on any atom is 0.254 e. The molecule has 2 saturated heterocycles. The summed E-state index contributed by atoms with van der Waals surface area (Å²) in [6.45, 7) is 11.4. The van der Waals surface area contributed by atoms with E-state index >= 15 is 0 Å². The Morgan fingerprint density at radius 1 is 1.03 bits per heavy atom. The summed E-state index contributed by atoms with van der Waals surface area (Å²) in [5.41, 5.74) is 1.41. The summed E-state index contributed by atoms with van der Waals surface area (Å²) in [4.78, 5) is 29.5. The Morgan fingerprint density at radius 3 is 2.21 bits per heavy atom. The molecule has 0 radical (unpaired) electrons. The minimum Gasteiger partial charge on any atom is -0.372 e. The van der Waals surface area contributed by atoms with Gasteiger partial charge in [-0.15, -0.1) is 0 Å². The Hall–Kier alpha value is -1.93. The molecule has 0 aromatic heterocycles. The van der Waals surface area contributed by atoms with Crippen molar-refractivity contribution in [2.45, 2.75) is 70.8 Å². The number of hydrogen-bond donors (Lipinski definition) is 0. The van der Waals surface area contributed by atoms with E-state index < -0.39 is 14.6 Å². The highest BCUT2D eigenvalue weighted by Crippen LogP contribution is 2.25. The fourth-order valence-electron chi connectivity index (χ4n) is 4.54. The van der Waals surface area contributed by atoms with E-state index in [1.807, 2.05) is 41.8 Å². The van der Waals surface area contributed by atoms with Crippen molar-refractivity contribution in [3.63, 3.8) is 0 Å². The predicted octanol–water partition coefficient (Wildman–Crippen LogP) is 2.93. The van der Waals surface area contributed by atoms with E-state index in [0.29, 0.717) is 44.6 Å². The van der Waals surface area contributed by atoms with Gasteiger partial charge in [-0.3, -0.25) is 9.59 Å². The highest BCUT2D eigenvalue weighted by Gasteiger charge is 2.33. The highest BCUT2D eigenvalue weighted by molar-refractivity contribution is 7.92. The lowest BCUT2D eigenvalue weighted by Crippen LogP contribution is -2.48. The Bertz CT molecular complexity index is 951. The molecule has 184 valence electrons. The maximum atomic E-state index is 13.0. The SMILES string of the molecule is C[C@@H]1CN(C(=O)c2cccc(CC(=O)N3CCC(CS(=O)(=O)C(C)(C)C)CC3)c2)C[C@H](C)O1. The average molecular weight is 479 g/mol. The Labute approximate surface area is 198 Å². The monoisotopic (exact) mass is 478 g/mol. The van der Waals surface area contributed by atoms with Gasteiger partial charge in [0.2, 0.25) is 5.91 Å². The molecule has 2 aliphatic heterocycles. The highest BCUT2D eigenvalue weighted by atomic mass is 32.2. The molecule has 33 heavy (non-hydrogen) atoms. The lowest BCUT2D eigenvalue weighted by Gasteiger charge is -2.35. The van der Waals surface area contributed by atoms with E-state index in [9.17, 15) is 18.0 Å². The Morgan fingerprint density at radius 2 is 1.64 bits per heavy atom. The maximum absolute atomic E-state index is 13.0. The van der Waals surface area contributed by atoms with Crippen LogP contribution in [0.5, 0.6) is 0 Å². The largest absolute Gasteiger partial charge is 0.372 e. The molecule has 2 heterocycles. The topological polar surface area (TPSA) is 84.0 Å². The molecular formula is C25H38N2O5S. The molecule has 3 rings (SSSR count). The van der Waals surface area contributed by atoms with Gasteiger partial charge in [0.1, 0.15) is 0 Å². The van der Waals surface area contributed by atoms with E-state index in [4.69, 9.17) is 4.74 Å². The van der Waals surface area contributed by atoms with Crippen LogP contribution in [-0.2, 0) is 25.8 Å². The van der Waals surface area contributed by atoms with Crippen molar-refractivity contribution >= 4 is 21.7 Å². The number of hydrogen-bond acceptors (Lipinski definition) is 5. The van der Waals surface area contributed by atoms with Gasteiger partial charge in [-0.25, -0.2) is 8.42 Å². The van der Waals surface area contributed by atoms with Gasteiger partial charge in [0, 0.05) is 31.7 Å². The minimum atomic E-state index is -3.16. The van der Waals surface area contributed by atoms with Gasteiger partial charge < -0.3 is 14.5 Å². The molecule has 0 unspecified atom stereocenters. The second kappa shape index (κ2) is 10.1. The summed E-state index contributed by atoms with van der Waals surface area (Å²) in [5.74, 6) is 0.261. The number of rotatable bonds is 5. The number of sulfone groups is 1. The van der Waals surface area contributed by atoms with E-state index in [2.05, 4.69) is 0 Å². The Kier molecular flexibility index (Phi) is 7.89. The molecule has 0 N–H and O–H groups in total. The van der Waals surface area contributed by atoms with Crippen molar-refractivity contribution < 1.29 is 22.7 Å². The van der Waals surface area contributed by atoms with Gasteiger partial charge in [0.15, 0.2) is 9.84 Å². The van der Waals surface area contributed by atoms with Crippen LogP contribution < -0.4 is 0 Å². The molecular weight excluding hydrogens is 440 g/mol. The van der Waals surface area contributed by atoms with Crippen LogP contribution in [0.3, 0.4) is 0 Å². The van der Waals surface area contributed by atoms with Crippen molar-refractivity contribution in [3.8, 4) is 0 Å². The molecule has 2 aliphatic rings. The predicted molar refractivity (Wildman–Crippen MR) is 129 cm³/mol. The van der Waals surface area contributed by atoms with Crippen LogP contribution in [0.15, 0.2) is 24.3 Å². The molecule has 1 aromatic rings. The van der Waals surface area contributed by atoms with Gasteiger partial charge in [-0.05, 0) is 71.1 Å². The van der Waals surface area contributed by atoms with Crippen LogP contribution in [0, 0.1) is 5.92 Å². The van der Waals surface area contributed by atoms with E-state index in [0.717, 1.165) is 5.56 Å². The fraction of sp³-hybridized carbons (Fsp3) is 0.680. The van der Waals surface area contributed by atoms with E-state index in [-0.39, 0.29) is 42.1 Å². The summed E-state index contributed by atoms with van der Waals surface area (Å²) < 4.78 is 30.0. The van der Waals surface area contributed by atoms with Crippen LogP contribution in [-0.4, -0.2) is 78.9 Å². The van der Waals surface area contributed by atoms with Crippen LogP contribution in [0.2, 0.25) is 0 Å². The summed E-state index contributed by atoms with van der Waals surface area (Å²) in [7, 11) is -3.16. The number of benzene rings is 1. The molecule has 0 aliphatic carbocycles. The van der Waals surface area contributed by atoms with Crippen molar-refractivity contribution in [2.75, 3.05) is 31.9 Å². The molecule has 8 heteroatoms. The second-order valence-electron chi connectivity index (χ2n) is 10.6. The molecule has 0 spiro atoms. The molecule has 0 bridgehead atoms. The molecule has 7 nitrogen and oxygen atoms in total. The van der Waals surface area contributed by atoms with E-state index in [1.54, 1.807) is 26.8 Å². The zero-order valence-corrected chi connectivity index (χ0v) is 21.4. The first-order valence-corrected chi connectivity index (χ1v) is 13.5. The molecule has 2 fully saturated rings. The first-order chi connectivity index (χ1) is 15.4. The first-order valence-electron chi connectivity index (χ1n) is 11.9. The van der Waals surface area contributed by atoms with Crippen molar-refractivity contribution in [1.82, 2.24) is 9.80 Å². The lowest BCUT2D eigenvalue weighted by molar-refractivity contribution is -0.131. The number of piperidine rings is 1.